The fourth-order valence-corrected chi connectivity index (χ4v) is 9.69. The molecular weight excluding hydrogens is 549 g/mol. The van der Waals surface area contributed by atoms with Crippen LogP contribution in [0.15, 0.2) is 0 Å². The molecule has 0 aliphatic rings. The summed E-state index contributed by atoms with van der Waals surface area (Å²) in [5.41, 5.74) is 0. The Morgan fingerprint density at radius 3 is 1.29 bits per heavy atom. The molecule has 7 nitrogen and oxygen atoms in total. The van der Waals surface area contributed by atoms with Crippen LogP contribution in [0.3, 0.4) is 0 Å². The van der Waals surface area contributed by atoms with Crippen LogP contribution in [0.2, 0.25) is 18.6 Å². The van der Waals surface area contributed by atoms with Crippen molar-refractivity contribution in [2.75, 3.05) is 72.3 Å². The van der Waals surface area contributed by atoms with Crippen LogP contribution < -0.4 is 0 Å². The Balaban J connectivity index is 0. The monoisotopic (exact) mass is 614 g/mol. The highest BCUT2D eigenvalue weighted by Gasteiger charge is 2.39. The predicted octanol–water partition coefficient (Wildman–Crippen LogP) is 6.81. The Hall–Kier alpha value is -0.726. The number of hydrogen-bond donors (Lipinski definition) is 0. The van der Waals surface area contributed by atoms with Crippen molar-refractivity contribution in [1.29, 1.82) is 0 Å². The van der Waals surface area contributed by atoms with Crippen LogP contribution in [0.4, 0.5) is 0 Å². The zero-order valence-electron chi connectivity index (χ0n) is 28.2. The molecule has 0 rings (SSSR count). The van der Waals surface area contributed by atoms with E-state index in [4.69, 9.17) is 35.0 Å². The molecule has 0 saturated heterocycles. The van der Waals surface area contributed by atoms with Crippen molar-refractivity contribution in [3.8, 4) is 24.7 Å². The van der Waals surface area contributed by atoms with E-state index in [1.54, 1.807) is 0 Å². The molecule has 0 fully saturated rings. The fraction of sp³-hybridized carbons (Fsp3) is 0.875. The second kappa shape index (κ2) is 29.4. The summed E-state index contributed by atoms with van der Waals surface area (Å²) >= 11 is 0. The Bertz CT molecular complexity index is 634. The lowest BCUT2D eigenvalue weighted by atomic mass is 10.2. The zero-order chi connectivity index (χ0) is 31.2. The van der Waals surface area contributed by atoms with Crippen molar-refractivity contribution in [2.24, 2.45) is 0 Å². The second-order valence-electron chi connectivity index (χ2n) is 10.2. The van der Waals surface area contributed by atoms with Gasteiger partial charge in [0.25, 0.3) is 0 Å². The van der Waals surface area contributed by atoms with Crippen LogP contribution in [0.1, 0.15) is 93.4 Å². The van der Waals surface area contributed by atoms with Gasteiger partial charge in [-0.25, -0.2) is 0 Å². The molecule has 0 heterocycles. The predicted molar refractivity (Wildman–Crippen MR) is 179 cm³/mol. The van der Waals surface area contributed by atoms with E-state index in [2.05, 4.69) is 42.0 Å². The third-order valence-electron chi connectivity index (χ3n) is 6.59. The number of nitrogens with zero attached hydrogens (tertiary/aromatic N) is 2. The molecule has 0 N–H and O–H groups in total. The Kier molecular flexibility index (Phi) is 30.4. The molecule has 242 valence electrons. The van der Waals surface area contributed by atoms with E-state index in [9.17, 15) is 0 Å². The molecule has 0 amide bonds. The van der Waals surface area contributed by atoms with Gasteiger partial charge in [0.15, 0.2) is 0 Å². The molecule has 0 radical (unpaired) electrons. The van der Waals surface area contributed by atoms with Crippen molar-refractivity contribution in [1.82, 2.24) is 9.80 Å². The first-order valence-corrected chi connectivity index (χ1v) is 20.8. The van der Waals surface area contributed by atoms with Gasteiger partial charge in [-0.05, 0) is 99.1 Å². The topological polar surface area (TPSA) is 52.6 Å². The van der Waals surface area contributed by atoms with Crippen LogP contribution in [0, 0.1) is 24.7 Å². The average Bonchev–Trinajstić information content (AvgIpc) is 2.93. The maximum atomic E-state index is 5.87. The quantitative estimate of drug-likeness (QED) is 0.0573. The molecule has 0 aliphatic carbocycles. The summed E-state index contributed by atoms with van der Waals surface area (Å²) in [6.07, 6.45) is 19.2. The summed E-state index contributed by atoms with van der Waals surface area (Å²) in [5.74, 6) is 5.51. The van der Waals surface area contributed by atoms with E-state index in [0.717, 1.165) is 70.9 Å². The first kappa shape index (κ1) is 42.4. The van der Waals surface area contributed by atoms with Gasteiger partial charge >= 0.3 is 17.4 Å². The molecule has 0 aromatic rings. The number of rotatable bonds is 27. The summed E-state index contributed by atoms with van der Waals surface area (Å²) in [6, 6.07) is 1.90. The SMILES string of the molecule is C#CCN(CCCC)CCC[Si](OCC)(OCC)OCC.C#CCN(CCCCC)CCC[Si](C)(OCC)OCC. The minimum Gasteiger partial charge on any atom is -0.395 e. The molecule has 0 saturated carbocycles. The van der Waals surface area contributed by atoms with Crippen LogP contribution in [-0.4, -0.2) is 99.5 Å². The minimum absolute atomic E-state index is 0.635. The Labute approximate surface area is 258 Å². The highest BCUT2D eigenvalue weighted by atomic mass is 28.4. The van der Waals surface area contributed by atoms with Crippen LogP contribution >= 0.6 is 0 Å². The van der Waals surface area contributed by atoms with Crippen molar-refractivity contribution in [3.05, 3.63) is 0 Å². The first-order chi connectivity index (χ1) is 19.8. The molecule has 41 heavy (non-hydrogen) atoms. The van der Waals surface area contributed by atoms with Crippen molar-refractivity contribution < 1.29 is 22.1 Å². The Morgan fingerprint density at radius 2 is 0.902 bits per heavy atom. The molecule has 0 spiro atoms. The molecule has 0 unspecified atom stereocenters. The summed E-state index contributed by atoms with van der Waals surface area (Å²) in [6.45, 7) is 25.7. The van der Waals surface area contributed by atoms with Gasteiger partial charge in [0.2, 0.25) is 0 Å². The highest BCUT2D eigenvalue weighted by molar-refractivity contribution is 6.66. The maximum absolute atomic E-state index is 5.87. The largest absolute Gasteiger partial charge is 0.500 e. The van der Waals surface area contributed by atoms with Crippen LogP contribution in [0.5, 0.6) is 0 Å². The smallest absolute Gasteiger partial charge is 0.395 e. The summed E-state index contributed by atoms with van der Waals surface area (Å²) in [7, 11) is -4.45. The van der Waals surface area contributed by atoms with E-state index in [1.807, 2.05) is 34.6 Å². The highest BCUT2D eigenvalue weighted by Crippen LogP contribution is 2.19. The van der Waals surface area contributed by atoms with Crippen molar-refractivity contribution in [2.45, 2.75) is 112 Å². The third kappa shape index (κ3) is 23.4. The van der Waals surface area contributed by atoms with E-state index in [-0.39, 0.29) is 0 Å². The average molecular weight is 615 g/mol. The second-order valence-corrected chi connectivity index (χ2v) is 16.3. The molecule has 0 aromatic carbocycles. The van der Waals surface area contributed by atoms with E-state index < -0.39 is 17.4 Å². The zero-order valence-corrected chi connectivity index (χ0v) is 30.2. The summed E-state index contributed by atoms with van der Waals surface area (Å²) in [5, 5.41) is 0. The van der Waals surface area contributed by atoms with Gasteiger partial charge in [-0.15, -0.1) is 12.8 Å². The van der Waals surface area contributed by atoms with Gasteiger partial charge in [-0.3, -0.25) is 9.80 Å². The number of hydrogen-bond acceptors (Lipinski definition) is 7. The first-order valence-electron chi connectivity index (χ1n) is 16.3. The molecule has 0 aliphatic heterocycles. The van der Waals surface area contributed by atoms with E-state index >= 15 is 0 Å². The standard InChI is InChI=1S/C16H33NO3Si.C16H33NO2Si/c1-6-11-14-17(13-7-2)15-12-16-21(18-8-3,19-9-4)20-10-5;1-6-10-11-14-17(13-7-2)15-12-16-20(5,18-8-3)19-9-4/h2H,6,8-16H2,1,3-5H3;2H,6,8-16H2,1,3-5H3. The van der Waals surface area contributed by atoms with Crippen LogP contribution in [-0.2, 0) is 22.1 Å². The van der Waals surface area contributed by atoms with Crippen molar-refractivity contribution in [3.63, 3.8) is 0 Å². The normalized spacial score (nSPS) is 11.8. The third-order valence-corrected chi connectivity index (χ3v) is 12.8. The van der Waals surface area contributed by atoms with Gasteiger partial charge in [-0.2, -0.15) is 0 Å². The van der Waals surface area contributed by atoms with Gasteiger partial charge in [0.1, 0.15) is 0 Å². The fourth-order valence-electron chi connectivity index (χ4n) is 4.71. The minimum atomic E-state index is -2.49. The lowest BCUT2D eigenvalue weighted by Crippen LogP contribution is -2.46. The summed E-state index contributed by atoms with van der Waals surface area (Å²) < 4.78 is 29.3. The Morgan fingerprint density at radius 1 is 0.512 bits per heavy atom. The molecule has 0 aromatic heterocycles. The molecule has 0 bridgehead atoms. The van der Waals surface area contributed by atoms with E-state index in [1.165, 1.54) is 32.1 Å². The number of unbranched alkanes of at least 4 members (excludes halogenated alkanes) is 3. The van der Waals surface area contributed by atoms with Gasteiger partial charge in [0.05, 0.1) is 13.1 Å². The lowest BCUT2D eigenvalue weighted by molar-refractivity contribution is 0.0700. The van der Waals surface area contributed by atoms with Crippen LogP contribution in [0.25, 0.3) is 0 Å². The summed E-state index contributed by atoms with van der Waals surface area (Å²) in [4.78, 5) is 4.70. The maximum Gasteiger partial charge on any atom is 0.500 e. The molecular formula is C32H66N2O5Si2. The van der Waals surface area contributed by atoms with Gasteiger partial charge in [-0.1, -0.05) is 45.0 Å². The number of terminal acetylenes is 2. The molecule has 9 heteroatoms. The molecule has 0 atom stereocenters. The van der Waals surface area contributed by atoms with Gasteiger partial charge < -0.3 is 22.1 Å². The van der Waals surface area contributed by atoms with E-state index in [0.29, 0.717) is 26.4 Å². The lowest BCUT2D eigenvalue weighted by Gasteiger charge is -2.29. The van der Waals surface area contributed by atoms with Crippen molar-refractivity contribution >= 4 is 17.4 Å². The van der Waals surface area contributed by atoms with Gasteiger partial charge in [0, 0.05) is 39.1 Å².